The van der Waals surface area contributed by atoms with E-state index in [1.807, 2.05) is 48.5 Å². The van der Waals surface area contributed by atoms with Gasteiger partial charge in [0.15, 0.2) is 0 Å². The molecule has 3 rings (SSSR count). The second-order valence-corrected chi connectivity index (χ2v) is 4.53. The Balaban J connectivity index is 2.15. The van der Waals surface area contributed by atoms with Gasteiger partial charge < -0.3 is 4.98 Å². The second-order valence-electron chi connectivity index (χ2n) is 3.61. The zero-order valence-corrected chi connectivity index (χ0v) is 10.0. The summed E-state index contributed by atoms with van der Waals surface area (Å²) in [5.74, 6) is 0.911. The molecule has 0 atom stereocenters. The first kappa shape index (κ1) is 9.60. The summed E-state index contributed by atoms with van der Waals surface area (Å²) < 4.78 is 1.08. The first-order valence-corrected chi connectivity index (χ1v) is 5.83. The van der Waals surface area contributed by atoms with Gasteiger partial charge in [-0.2, -0.15) is 0 Å². The van der Waals surface area contributed by atoms with Gasteiger partial charge in [0, 0.05) is 10.0 Å². The van der Waals surface area contributed by atoms with Crippen LogP contribution in [0.15, 0.2) is 53.0 Å². The van der Waals surface area contributed by atoms with Crippen molar-refractivity contribution < 1.29 is 0 Å². The molecule has 0 aliphatic heterocycles. The van der Waals surface area contributed by atoms with Gasteiger partial charge in [-0.25, -0.2) is 4.98 Å². The van der Waals surface area contributed by atoms with Gasteiger partial charge in [0.25, 0.3) is 0 Å². The van der Waals surface area contributed by atoms with Crippen LogP contribution in [-0.4, -0.2) is 9.97 Å². The van der Waals surface area contributed by atoms with E-state index in [4.69, 9.17) is 0 Å². The third-order valence-electron chi connectivity index (χ3n) is 2.51. The minimum absolute atomic E-state index is 0.911. The lowest BCUT2D eigenvalue weighted by molar-refractivity contribution is 1.33. The number of hydrogen-bond donors (Lipinski definition) is 1. The molecule has 0 spiro atoms. The molecule has 1 aromatic heterocycles. The summed E-state index contributed by atoms with van der Waals surface area (Å²) in [5.41, 5.74) is 3.17. The number of halogens is 1. The molecule has 3 aromatic rings. The van der Waals surface area contributed by atoms with Crippen molar-refractivity contribution in [3.63, 3.8) is 0 Å². The minimum Gasteiger partial charge on any atom is -0.338 e. The highest BCUT2D eigenvalue weighted by Gasteiger charge is 2.03. The van der Waals surface area contributed by atoms with E-state index in [-0.39, 0.29) is 0 Å². The Hall–Kier alpha value is -1.61. The third-order valence-corrected chi connectivity index (χ3v) is 3.04. The van der Waals surface area contributed by atoms with Crippen molar-refractivity contribution in [1.82, 2.24) is 9.97 Å². The molecule has 1 heterocycles. The molecule has 0 bridgehead atoms. The highest BCUT2D eigenvalue weighted by atomic mass is 79.9. The van der Waals surface area contributed by atoms with E-state index in [1.165, 1.54) is 0 Å². The lowest BCUT2D eigenvalue weighted by Gasteiger charge is -1.95. The first-order chi connectivity index (χ1) is 7.83. The van der Waals surface area contributed by atoms with E-state index in [2.05, 4.69) is 25.9 Å². The highest BCUT2D eigenvalue weighted by molar-refractivity contribution is 9.10. The molecular weight excluding hydrogens is 264 g/mol. The van der Waals surface area contributed by atoms with E-state index >= 15 is 0 Å². The topological polar surface area (TPSA) is 28.7 Å². The van der Waals surface area contributed by atoms with Gasteiger partial charge in [-0.15, -0.1) is 0 Å². The number of aromatic amines is 1. The Morgan fingerprint density at radius 1 is 0.938 bits per heavy atom. The van der Waals surface area contributed by atoms with Crippen molar-refractivity contribution in [2.75, 3.05) is 0 Å². The summed E-state index contributed by atoms with van der Waals surface area (Å²) in [4.78, 5) is 7.85. The van der Waals surface area contributed by atoms with Gasteiger partial charge in [0.05, 0.1) is 11.0 Å². The minimum atomic E-state index is 0.911. The first-order valence-electron chi connectivity index (χ1n) is 5.03. The predicted molar refractivity (Wildman–Crippen MR) is 69.2 cm³/mol. The van der Waals surface area contributed by atoms with E-state index in [1.54, 1.807) is 0 Å². The summed E-state index contributed by atoms with van der Waals surface area (Å²) in [5, 5.41) is 0. The van der Waals surface area contributed by atoms with E-state index < -0.39 is 0 Å². The Morgan fingerprint density at radius 3 is 2.44 bits per heavy atom. The summed E-state index contributed by atoms with van der Waals surface area (Å²) in [6.45, 7) is 0. The molecule has 3 heteroatoms. The summed E-state index contributed by atoms with van der Waals surface area (Å²) in [7, 11) is 0. The molecule has 0 unspecified atom stereocenters. The van der Waals surface area contributed by atoms with Crippen LogP contribution < -0.4 is 0 Å². The average molecular weight is 273 g/mol. The Bertz CT molecular complexity index is 593. The number of nitrogens with zero attached hydrogens (tertiary/aromatic N) is 1. The van der Waals surface area contributed by atoms with Crippen molar-refractivity contribution in [3.05, 3.63) is 53.0 Å². The number of para-hydroxylation sites is 2. The fraction of sp³-hybridized carbons (Fsp3) is 0. The number of hydrogen-bond acceptors (Lipinski definition) is 1. The van der Waals surface area contributed by atoms with Crippen LogP contribution in [0.4, 0.5) is 0 Å². The van der Waals surface area contributed by atoms with E-state index in [9.17, 15) is 0 Å². The van der Waals surface area contributed by atoms with Gasteiger partial charge in [0.1, 0.15) is 5.82 Å². The third kappa shape index (κ3) is 1.63. The number of H-pyrrole nitrogens is 1. The van der Waals surface area contributed by atoms with E-state index in [0.717, 1.165) is 26.9 Å². The number of rotatable bonds is 1. The molecule has 1 N–H and O–H groups in total. The number of nitrogens with one attached hydrogen (secondary N) is 1. The van der Waals surface area contributed by atoms with Crippen molar-refractivity contribution in [2.24, 2.45) is 0 Å². The van der Waals surface area contributed by atoms with Gasteiger partial charge in [-0.05, 0) is 24.3 Å². The Kier molecular flexibility index (Phi) is 2.26. The molecular formula is C13H9BrN2. The molecule has 2 nitrogen and oxygen atoms in total. The van der Waals surface area contributed by atoms with Crippen LogP contribution in [0.1, 0.15) is 0 Å². The molecule has 0 radical (unpaired) electrons. The fourth-order valence-corrected chi connectivity index (χ4v) is 1.96. The quantitative estimate of drug-likeness (QED) is 0.713. The fourth-order valence-electron chi connectivity index (χ4n) is 1.70. The van der Waals surface area contributed by atoms with Crippen LogP contribution in [0, 0.1) is 0 Å². The maximum atomic E-state index is 4.54. The summed E-state index contributed by atoms with van der Waals surface area (Å²) >= 11 is 3.42. The molecule has 78 valence electrons. The van der Waals surface area contributed by atoms with Crippen molar-refractivity contribution in [1.29, 1.82) is 0 Å². The molecule has 0 aliphatic carbocycles. The standard InChI is InChI=1S/C13H9BrN2/c14-10-7-5-9(6-8-10)13-15-11-3-1-2-4-12(11)16-13/h1-8H,(H,15,16). The van der Waals surface area contributed by atoms with Crippen LogP contribution in [0.5, 0.6) is 0 Å². The van der Waals surface area contributed by atoms with Crippen LogP contribution in [0.3, 0.4) is 0 Å². The number of aromatic nitrogens is 2. The summed E-state index contributed by atoms with van der Waals surface area (Å²) in [6, 6.07) is 16.2. The molecule has 0 amide bonds. The lowest BCUT2D eigenvalue weighted by atomic mass is 10.2. The largest absolute Gasteiger partial charge is 0.338 e. The van der Waals surface area contributed by atoms with Gasteiger partial charge >= 0.3 is 0 Å². The zero-order chi connectivity index (χ0) is 11.0. The Morgan fingerprint density at radius 2 is 1.69 bits per heavy atom. The lowest BCUT2D eigenvalue weighted by Crippen LogP contribution is -1.78. The van der Waals surface area contributed by atoms with Crippen molar-refractivity contribution in [2.45, 2.75) is 0 Å². The van der Waals surface area contributed by atoms with Crippen LogP contribution >= 0.6 is 15.9 Å². The van der Waals surface area contributed by atoms with Crippen molar-refractivity contribution >= 4 is 27.0 Å². The zero-order valence-electron chi connectivity index (χ0n) is 8.44. The van der Waals surface area contributed by atoms with Crippen LogP contribution in [0.25, 0.3) is 22.4 Å². The monoisotopic (exact) mass is 272 g/mol. The summed E-state index contributed by atoms with van der Waals surface area (Å²) in [6.07, 6.45) is 0. The van der Waals surface area contributed by atoms with Gasteiger partial charge in [-0.3, -0.25) is 0 Å². The molecule has 2 aromatic carbocycles. The smallest absolute Gasteiger partial charge is 0.138 e. The van der Waals surface area contributed by atoms with Gasteiger partial charge in [0.2, 0.25) is 0 Å². The number of benzene rings is 2. The normalized spacial score (nSPS) is 10.8. The van der Waals surface area contributed by atoms with E-state index in [0.29, 0.717) is 0 Å². The molecule has 16 heavy (non-hydrogen) atoms. The maximum Gasteiger partial charge on any atom is 0.138 e. The molecule has 0 fully saturated rings. The SMILES string of the molecule is Brc1ccc(-c2nc3ccccc3[nH]2)cc1. The Labute approximate surface area is 101 Å². The molecule has 0 saturated carbocycles. The average Bonchev–Trinajstić information content (AvgIpc) is 2.73. The molecule has 0 aliphatic rings. The van der Waals surface area contributed by atoms with Crippen molar-refractivity contribution in [3.8, 4) is 11.4 Å². The highest BCUT2D eigenvalue weighted by Crippen LogP contribution is 2.21. The van der Waals surface area contributed by atoms with Crippen LogP contribution in [0.2, 0.25) is 0 Å². The maximum absolute atomic E-state index is 4.54. The molecule has 0 saturated heterocycles. The number of fused-ring (bicyclic) bond motifs is 1. The van der Waals surface area contributed by atoms with Crippen LogP contribution in [-0.2, 0) is 0 Å². The predicted octanol–water partition coefficient (Wildman–Crippen LogP) is 3.99. The number of imidazole rings is 1. The second kappa shape index (κ2) is 3.76. The van der Waals surface area contributed by atoms with Gasteiger partial charge in [-0.1, -0.05) is 40.2 Å².